The minimum Gasteiger partial charge on any atom is -0.478 e. The van der Waals surface area contributed by atoms with Gasteiger partial charge in [0.1, 0.15) is 11.3 Å². The summed E-state index contributed by atoms with van der Waals surface area (Å²) in [5.74, 6) is -0.936. The maximum atomic E-state index is 11.9. The zero-order valence-corrected chi connectivity index (χ0v) is 12.9. The second-order valence-corrected chi connectivity index (χ2v) is 5.34. The van der Waals surface area contributed by atoms with E-state index in [4.69, 9.17) is 0 Å². The van der Waals surface area contributed by atoms with E-state index in [0.29, 0.717) is 17.7 Å². The van der Waals surface area contributed by atoms with Gasteiger partial charge in [-0.05, 0) is 18.6 Å². The van der Waals surface area contributed by atoms with Crippen molar-refractivity contribution < 1.29 is 9.90 Å². The molecule has 0 bridgehead atoms. The third-order valence-electron chi connectivity index (χ3n) is 3.73. The van der Waals surface area contributed by atoms with Gasteiger partial charge in [-0.1, -0.05) is 61.9 Å². The summed E-state index contributed by atoms with van der Waals surface area (Å²) in [5.41, 5.74) is 3.25. The monoisotopic (exact) mass is 306 g/mol. The number of aromatic nitrogens is 2. The summed E-state index contributed by atoms with van der Waals surface area (Å²) in [6, 6.07) is 19.1. The summed E-state index contributed by atoms with van der Waals surface area (Å²) in [6.45, 7) is 2.04. The molecule has 0 atom stereocenters. The van der Waals surface area contributed by atoms with Crippen LogP contribution in [0.15, 0.2) is 60.7 Å². The molecule has 1 aromatic heterocycles. The van der Waals surface area contributed by atoms with Crippen LogP contribution in [0.5, 0.6) is 0 Å². The van der Waals surface area contributed by atoms with Gasteiger partial charge in [0.2, 0.25) is 0 Å². The predicted molar refractivity (Wildman–Crippen MR) is 90.0 cm³/mol. The number of nitrogens with zero attached hydrogens (tertiary/aromatic N) is 2. The Bertz CT molecular complexity index is 808. The van der Waals surface area contributed by atoms with Crippen LogP contribution in [0.25, 0.3) is 16.9 Å². The number of carboxylic acids is 1. The number of carboxylic acid groups (broad SMARTS) is 1. The van der Waals surface area contributed by atoms with E-state index < -0.39 is 5.97 Å². The Hall–Kier alpha value is -2.88. The SMILES string of the molecule is CCCc1c(C(=O)O)c(-c2ccccc2)nn1-c1ccccc1. The Morgan fingerprint density at radius 3 is 2.22 bits per heavy atom. The molecule has 3 rings (SSSR count). The van der Waals surface area contributed by atoms with Crippen LogP contribution in [0.3, 0.4) is 0 Å². The van der Waals surface area contributed by atoms with Crippen LogP contribution in [0.1, 0.15) is 29.4 Å². The Morgan fingerprint density at radius 2 is 1.65 bits per heavy atom. The zero-order valence-electron chi connectivity index (χ0n) is 12.9. The molecule has 0 spiro atoms. The van der Waals surface area contributed by atoms with Crippen LogP contribution in [0.4, 0.5) is 0 Å². The van der Waals surface area contributed by atoms with Crippen molar-refractivity contribution in [2.45, 2.75) is 19.8 Å². The number of benzene rings is 2. The normalized spacial score (nSPS) is 10.7. The number of hydrogen-bond acceptors (Lipinski definition) is 2. The highest BCUT2D eigenvalue weighted by Crippen LogP contribution is 2.28. The Balaban J connectivity index is 2.27. The van der Waals surface area contributed by atoms with Gasteiger partial charge in [-0.3, -0.25) is 0 Å². The molecule has 0 fully saturated rings. The van der Waals surface area contributed by atoms with Gasteiger partial charge in [-0.2, -0.15) is 5.10 Å². The first-order chi connectivity index (χ1) is 11.2. The molecule has 116 valence electrons. The molecule has 0 aliphatic heterocycles. The van der Waals surface area contributed by atoms with Crippen LogP contribution in [0.2, 0.25) is 0 Å². The van der Waals surface area contributed by atoms with E-state index in [1.54, 1.807) is 4.68 Å². The van der Waals surface area contributed by atoms with Crippen LogP contribution >= 0.6 is 0 Å². The second-order valence-electron chi connectivity index (χ2n) is 5.34. The lowest BCUT2D eigenvalue weighted by Crippen LogP contribution is -2.06. The fourth-order valence-corrected chi connectivity index (χ4v) is 2.73. The highest BCUT2D eigenvalue weighted by Gasteiger charge is 2.24. The van der Waals surface area contributed by atoms with E-state index in [1.165, 1.54) is 0 Å². The fourth-order valence-electron chi connectivity index (χ4n) is 2.73. The van der Waals surface area contributed by atoms with Crippen LogP contribution in [-0.2, 0) is 6.42 Å². The van der Waals surface area contributed by atoms with Crippen molar-refractivity contribution in [3.05, 3.63) is 71.9 Å². The maximum Gasteiger partial charge on any atom is 0.339 e. The summed E-state index contributed by atoms with van der Waals surface area (Å²) >= 11 is 0. The number of para-hydroxylation sites is 1. The minimum absolute atomic E-state index is 0.293. The Labute approximate surface area is 135 Å². The minimum atomic E-state index is -0.936. The standard InChI is InChI=1S/C19H18N2O2/c1-2-9-16-17(19(22)23)18(14-10-5-3-6-11-14)20-21(16)15-12-7-4-8-13-15/h3-8,10-13H,2,9H2,1H3,(H,22,23). The van der Waals surface area contributed by atoms with Gasteiger partial charge in [0.05, 0.1) is 11.4 Å². The topological polar surface area (TPSA) is 55.1 Å². The lowest BCUT2D eigenvalue weighted by atomic mass is 10.0. The second kappa shape index (κ2) is 6.48. The number of carbonyl (C=O) groups is 1. The van der Waals surface area contributed by atoms with Crippen molar-refractivity contribution in [1.82, 2.24) is 9.78 Å². The van der Waals surface area contributed by atoms with Gasteiger partial charge in [0.15, 0.2) is 0 Å². The van der Waals surface area contributed by atoms with Crippen molar-refractivity contribution in [2.75, 3.05) is 0 Å². The first kappa shape index (κ1) is 15.0. The van der Waals surface area contributed by atoms with E-state index >= 15 is 0 Å². The largest absolute Gasteiger partial charge is 0.478 e. The quantitative estimate of drug-likeness (QED) is 0.769. The summed E-state index contributed by atoms with van der Waals surface area (Å²) in [5, 5.41) is 14.4. The average molecular weight is 306 g/mol. The Kier molecular flexibility index (Phi) is 4.24. The number of hydrogen-bond donors (Lipinski definition) is 1. The molecule has 1 heterocycles. The Morgan fingerprint density at radius 1 is 1.04 bits per heavy atom. The first-order valence-corrected chi connectivity index (χ1v) is 7.68. The molecular weight excluding hydrogens is 288 g/mol. The van der Waals surface area contributed by atoms with Gasteiger partial charge in [0, 0.05) is 5.56 Å². The number of aromatic carboxylic acids is 1. The first-order valence-electron chi connectivity index (χ1n) is 7.68. The van der Waals surface area contributed by atoms with Gasteiger partial charge >= 0.3 is 5.97 Å². The van der Waals surface area contributed by atoms with Crippen molar-refractivity contribution >= 4 is 5.97 Å². The molecule has 0 saturated carbocycles. The van der Waals surface area contributed by atoms with Crippen LogP contribution in [0, 0.1) is 0 Å². The van der Waals surface area contributed by atoms with Crippen molar-refractivity contribution in [1.29, 1.82) is 0 Å². The van der Waals surface area contributed by atoms with Crippen molar-refractivity contribution in [3.63, 3.8) is 0 Å². The molecule has 1 N–H and O–H groups in total. The summed E-state index contributed by atoms with van der Waals surface area (Å²) in [4.78, 5) is 11.9. The lowest BCUT2D eigenvalue weighted by Gasteiger charge is -2.07. The molecule has 0 aliphatic carbocycles. The van der Waals surface area contributed by atoms with Gasteiger partial charge < -0.3 is 5.11 Å². The van der Waals surface area contributed by atoms with Crippen molar-refractivity contribution in [2.24, 2.45) is 0 Å². The highest BCUT2D eigenvalue weighted by molar-refractivity contribution is 5.96. The molecule has 0 amide bonds. The zero-order chi connectivity index (χ0) is 16.2. The van der Waals surface area contributed by atoms with Crippen molar-refractivity contribution in [3.8, 4) is 16.9 Å². The lowest BCUT2D eigenvalue weighted by molar-refractivity contribution is 0.0696. The van der Waals surface area contributed by atoms with E-state index in [2.05, 4.69) is 5.10 Å². The molecular formula is C19H18N2O2. The van der Waals surface area contributed by atoms with E-state index in [9.17, 15) is 9.90 Å². The third-order valence-corrected chi connectivity index (χ3v) is 3.73. The molecule has 0 aliphatic rings. The molecule has 0 saturated heterocycles. The van der Waals surface area contributed by atoms with Crippen LogP contribution < -0.4 is 0 Å². The molecule has 4 nitrogen and oxygen atoms in total. The highest BCUT2D eigenvalue weighted by atomic mass is 16.4. The van der Waals surface area contributed by atoms with E-state index in [0.717, 1.165) is 23.4 Å². The summed E-state index contributed by atoms with van der Waals surface area (Å²) in [7, 11) is 0. The average Bonchev–Trinajstić information content (AvgIpc) is 2.96. The third kappa shape index (κ3) is 2.88. The molecule has 4 heteroatoms. The smallest absolute Gasteiger partial charge is 0.339 e. The van der Waals surface area contributed by atoms with Crippen LogP contribution in [-0.4, -0.2) is 20.9 Å². The van der Waals surface area contributed by atoms with Gasteiger partial charge in [0.25, 0.3) is 0 Å². The van der Waals surface area contributed by atoms with E-state index in [1.807, 2.05) is 67.6 Å². The molecule has 0 radical (unpaired) electrons. The summed E-state index contributed by atoms with van der Waals surface area (Å²) < 4.78 is 1.76. The van der Waals surface area contributed by atoms with E-state index in [-0.39, 0.29) is 0 Å². The van der Waals surface area contributed by atoms with Gasteiger partial charge in [-0.25, -0.2) is 9.48 Å². The predicted octanol–water partition coefficient (Wildman–Crippen LogP) is 4.19. The summed E-state index contributed by atoms with van der Waals surface area (Å²) in [6.07, 6.45) is 1.52. The number of rotatable bonds is 5. The van der Waals surface area contributed by atoms with Gasteiger partial charge in [-0.15, -0.1) is 0 Å². The molecule has 0 unspecified atom stereocenters. The fraction of sp³-hybridized carbons (Fsp3) is 0.158. The molecule has 2 aromatic carbocycles. The molecule has 23 heavy (non-hydrogen) atoms. The molecule has 3 aromatic rings. The maximum absolute atomic E-state index is 11.9.